The normalized spacial score (nSPS) is 12.0. The number of nitriles is 1. The lowest BCUT2D eigenvalue weighted by Crippen LogP contribution is -2.12. The molecule has 10 aromatic carbocycles. The molecule has 0 fully saturated rings. The van der Waals surface area contributed by atoms with Gasteiger partial charge in [-0.1, -0.05) is 152 Å². The number of fused-ring (bicyclic) bond motifs is 6. The number of alkyl halides is 6. The van der Waals surface area contributed by atoms with Crippen molar-refractivity contribution in [2.75, 3.05) is 0 Å². The van der Waals surface area contributed by atoms with Gasteiger partial charge in [-0.2, -0.15) is 31.6 Å². The van der Waals surface area contributed by atoms with Crippen LogP contribution in [0.25, 0.3) is 111 Å². The maximum absolute atomic E-state index is 15.3. The van der Waals surface area contributed by atoms with E-state index in [2.05, 4.69) is 30.3 Å². The fourth-order valence-electron chi connectivity index (χ4n) is 10.2. The third-order valence-electron chi connectivity index (χ3n) is 13.6. The Balaban J connectivity index is 1.21. The molecule has 0 amide bonds. The standard InChI is InChI=1S/C63H37F6N3/c64-62(65,66)48-25-26-49(55(37-48)63(67,68)69)47-35-60(71-56-27-21-43(39-13-5-1-6-14-39)31-50(56)51-32-44(22-28-57(51)71)40-15-7-2-8-16-40)54(38-70)61(36-47)72-58-29-23-45(41-17-9-3-10-18-41)33-52(58)53-34-46(24-30-59(53)72)42-19-11-4-12-20-42/h1-37H. The number of hydrogen-bond acceptors (Lipinski definition) is 1. The van der Waals surface area contributed by atoms with Crippen molar-refractivity contribution in [3.05, 3.63) is 241 Å². The third kappa shape index (κ3) is 7.56. The van der Waals surface area contributed by atoms with Crippen LogP contribution in [-0.4, -0.2) is 9.13 Å². The van der Waals surface area contributed by atoms with Gasteiger partial charge >= 0.3 is 12.4 Å². The van der Waals surface area contributed by atoms with E-state index in [4.69, 9.17) is 0 Å². The van der Waals surface area contributed by atoms with E-state index in [1.165, 1.54) is 12.1 Å². The number of halogens is 6. The van der Waals surface area contributed by atoms with Crippen LogP contribution in [0.1, 0.15) is 16.7 Å². The van der Waals surface area contributed by atoms with Crippen LogP contribution in [0.15, 0.2) is 224 Å². The Morgan fingerprint density at radius 1 is 0.319 bits per heavy atom. The van der Waals surface area contributed by atoms with Gasteiger partial charge in [0.15, 0.2) is 0 Å². The summed E-state index contributed by atoms with van der Waals surface area (Å²) in [6.07, 6.45) is -10.2. The Labute approximate surface area is 409 Å². The predicted octanol–water partition coefficient (Wildman–Crippen LogP) is 18.1. The smallest absolute Gasteiger partial charge is 0.308 e. The van der Waals surface area contributed by atoms with Crippen molar-refractivity contribution in [3.8, 4) is 73.1 Å². The highest BCUT2D eigenvalue weighted by Gasteiger charge is 2.39. The largest absolute Gasteiger partial charge is 0.417 e. The van der Waals surface area contributed by atoms with Crippen molar-refractivity contribution in [2.24, 2.45) is 0 Å². The molecule has 2 heterocycles. The van der Waals surface area contributed by atoms with Crippen LogP contribution in [-0.2, 0) is 12.4 Å². The average molecular weight is 950 g/mol. The molecule has 72 heavy (non-hydrogen) atoms. The van der Waals surface area contributed by atoms with Crippen molar-refractivity contribution in [1.29, 1.82) is 5.26 Å². The van der Waals surface area contributed by atoms with Gasteiger partial charge in [-0.05, 0) is 128 Å². The van der Waals surface area contributed by atoms with E-state index in [9.17, 15) is 18.4 Å². The first-order chi connectivity index (χ1) is 34.9. The molecule has 0 aliphatic carbocycles. The minimum absolute atomic E-state index is 0.0336. The van der Waals surface area contributed by atoms with Crippen molar-refractivity contribution < 1.29 is 26.3 Å². The second kappa shape index (κ2) is 17.1. The Morgan fingerprint density at radius 2 is 0.653 bits per heavy atom. The molecule has 0 atom stereocenters. The number of hydrogen-bond donors (Lipinski definition) is 0. The molecular weight excluding hydrogens is 913 g/mol. The van der Waals surface area contributed by atoms with E-state index in [1.807, 2.05) is 179 Å². The molecule has 0 saturated carbocycles. The van der Waals surface area contributed by atoms with Gasteiger partial charge in [-0.3, -0.25) is 0 Å². The fourth-order valence-corrected chi connectivity index (χ4v) is 10.2. The maximum atomic E-state index is 15.3. The van der Waals surface area contributed by atoms with E-state index in [-0.39, 0.29) is 28.6 Å². The zero-order valence-corrected chi connectivity index (χ0v) is 38.0. The second-order valence-electron chi connectivity index (χ2n) is 17.8. The van der Waals surface area contributed by atoms with E-state index in [0.717, 1.165) is 72.1 Å². The highest BCUT2D eigenvalue weighted by molar-refractivity contribution is 6.14. The minimum Gasteiger partial charge on any atom is -0.308 e. The van der Waals surface area contributed by atoms with E-state index in [0.29, 0.717) is 28.1 Å². The lowest BCUT2D eigenvalue weighted by Gasteiger charge is -2.21. The van der Waals surface area contributed by atoms with Gasteiger partial charge in [-0.25, -0.2) is 0 Å². The molecule has 346 valence electrons. The van der Waals surface area contributed by atoms with Crippen LogP contribution >= 0.6 is 0 Å². The first-order valence-corrected chi connectivity index (χ1v) is 23.2. The van der Waals surface area contributed by atoms with Crippen molar-refractivity contribution in [2.45, 2.75) is 12.4 Å². The molecule has 0 N–H and O–H groups in total. The lowest BCUT2D eigenvalue weighted by atomic mass is 9.94. The molecule has 9 heteroatoms. The Bertz CT molecular complexity index is 3690. The van der Waals surface area contributed by atoms with Crippen molar-refractivity contribution in [1.82, 2.24) is 9.13 Å². The summed E-state index contributed by atoms with van der Waals surface area (Å²) in [7, 11) is 0. The van der Waals surface area contributed by atoms with Crippen LogP contribution in [0.2, 0.25) is 0 Å². The molecule has 2 aromatic heterocycles. The van der Waals surface area contributed by atoms with Gasteiger partial charge in [0.05, 0.1) is 44.6 Å². The van der Waals surface area contributed by atoms with Gasteiger partial charge in [0.2, 0.25) is 0 Å². The summed E-state index contributed by atoms with van der Waals surface area (Å²) in [4.78, 5) is 0. The second-order valence-corrected chi connectivity index (χ2v) is 17.8. The van der Waals surface area contributed by atoms with Gasteiger partial charge in [0.25, 0.3) is 0 Å². The highest BCUT2D eigenvalue weighted by atomic mass is 19.4. The van der Waals surface area contributed by atoms with Gasteiger partial charge in [0, 0.05) is 21.5 Å². The van der Waals surface area contributed by atoms with Crippen molar-refractivity contribution in [3.63, 3.8) is 0 Å². The number of nitrogens with zero attached hydrogens (tertiary/aromatic N) is 3. The zero-order chi connectivity index (χ0) is 49.3. The lowest BCUT2D eigenvalue weighted by molar-refractivity contribution is -0.142. The molecule has 0 saturated heterocycles. The first-order valence-electron chi connectivity index (χ1n) is 23.2. The summed E-state index contributed by atoms with van der Waals surface area (Å²) in [5, 5.41) is 14.9. The predicted molar refractivity (Wildman–Crippen MR) is 277 cm³/mol. The first kappa shape index (κ1) is 44.1. The molecule has 0 aliphatic rings. The third-order valence-corrected chi connectivity index (χ3v) is 13.6. The minimum atomic E-state index is -5.19. The highest BCUT2D eigenvalue weighted by Crippen LogP contribution is 2.46. The number of benzene rings is 10. The SMILES string of the molecule is N#Cc1c(-n2c3ccc(-c4ccccc4)cc3c3cc(-c4ccccc4)ccc32)cc(-c2ccc(C(F)(F)F)cc2C(F)(F)F)cc1-n1c2ccc(-c3ccccc3)cc2c2cc(-c3ccccc3)ccc21. The number of rotatable bonds is 7. The summed E-state index contributed by atoms with van der Waals surface area (Å²) < 4.78 is 92.4. The van der Waals surface area contributed by atoms with Crippen LogP contribution < -0.4 is 0 Å². The molecule has 0 aliphatic heterocycles. The van der Waals surface area contributed by atoms with Crippen LogP contribution in [0.3, 0.4) is 0 Å². The summed E-state index contributed by atoms with van der Waals surface area (Å²) in [5.74, 6) is 0. The van der Waals surface area contributed by atoms with Crippen LogP contribution in [0.4, 0.5) is 26.3 Å². The summed E-state index contributed by atoms with van der Waals surface area (Å²) in [6.45, 7) is 0. The molecule has 0 unspecified atom stereocenters. The Kier molecular flexibility index (Phi) is 10.5. The summed E-state index contributed by atoms with van der Waals surface area (Å²) in [5.41, 5.74) is 7.51. The molecule has 12 rings (SSSR count). The molecule has 0 radical (unpaired) electrons. The monoisotopic (exact) mass is 949 g/mol. The molecule has 0 spiro atoms. The van der Waals surface area contributed by atoms with E-state index < -0.39 is 29.0 Å². The maximum Gasteiger partial charge on any atom is 0.417 e. The van der Waals surface area contributed by atoms with Crippen molar-refractivity contribution >= 4 is 43.6 Å². The zero-order valence-electron chi connectivity index (χ0n) is 38.0. The van der Waals surface area contributed by atoms with Crippen LogP contribution in [0.5, 0.6) is 0 Å². The van der Waals surface area contributed by atoms with Gasteiger partial charge < -0.3 is 9.13 Å². The molecular formula is C63H37F6N3. The Hall–Kier alpha value is -9.13. The molecule has 0 bridgehead atoms. The fraction of sp³-hybridized carbons (Fsp3) is 0.0317. The summed E-state index contributed by atoms with van der Waals surface area (Å²) in [6, 6.07) is 70.7. The topological polar surface area (TPSA) is 33.6 Å². The summed E-state index contributed by atoms with van der Waals surface area (Å²) >= 11 is 0. The quantitative estimate of drug-likeness (QED) is 0.147. The van der Waals surface area contributed by atoms with Gasteiger partial charge in [-0.15, -0.1) is 0 Å². The average Bonchev–Trinajstić information content (AvgIpc) is 3.92. The Morgan fingerprint density at radius 3 is 0.944 bits per heavy atom. The molecule has 3 nitrogen and oxygen atoms in total. The van der Waals surface area contributed by atoms with E-state index >= 15 is 13.2 Å². The van der Waals surface area contributed by atoms with Crippen LogP contribution in [0, 0.1) is 11.3 Å². The van der Waals surface area contributed by atoms with Gasteiger partial charge in [0.1, 0.15) is 11.6 Å². The van der Waals surface area contributed by atoms with E-state index in [1.54, 1.807) is 0 Å². The number of aromatic nitrogens is 2. The molecule has 12 aromatic rings.